The highest BCUT2D eigenvalue weighted by atomic mass is 16.7. The van der Waals surface area contributed by atoms with Crippen LogP contribution in [0, 0.1) is 6.92 Å². The van der Waals surface area contributed by atoms with Crippen molar-refractivity contribution < 1.29 is 23.8 Å². The standard InChI is InChI=1S/C20H16N2O5/c1-13-8-9-21-22(13)16-5-2-14(3-6-16)20(24)25-11-17(23)15-4-7-18-19(10-15)27-12-26-18/h2-10H,11-12H2,1H3. The van der Waals surface area contributed by atoms with Gasteiger partial charge in [-0.05, 0) is 55.5 Å². The zero-order chi connectivity index (χ0) is 18.8. The average molecular weight is 364 g/mol. The minimum Gasteiger partial charge on any atom is -0.454 e. The molecule has 0 fully saturated rings. The first kappa shape index (κ1) is 16.8. The van der Waals surface area contributed by atoms with Gasteiger partial charge in [0.25, 0.3) is 0 Å². The summed E-state index contributed by atoms with van der Waals surface area (Å²) in [5, 5.41) is 4.22. The van der Waals surface area contributed by atoms with Gasteiger partial charge in [0.15, 0.2) is 23.9 Å². The van der Waals surface area contributed by atoms with Gasteiger partial charge >= 0.3 is 5.97 Å². The first-order valence-electron chi connectivity index (χ1n) is 8.33. The number of nitrogens with zero attached hydrogens (tertiary/aromatic N) is 2. The average Bonchev–Trinajstić information content (AvgIpc) is 3.34. The molecule has 0 saturated carbocycles. The van der Waals surface area contributed by atoms with Crippen LogP contribution in [-0.2, 0) is 4.74 Å². The van der Waals surface area contributed by atoms with Gasteiger partial charge in [-0.2, -0.15) is 5.10 Å². The zero-order valence-corrected chi connectivity index (χ0v) is 14.5. The van der Waals surface area contributed by atoms with Crippen molar-refractivity contribution >= 4 is 11.8 Å². The number of aromatic nitrogens is 2. The molecule has 0 bridgehead atoms. The molecule has 7 nitrogen and oxygen atoms in total. The summed E-state index contributed by atoms with van der Waals surface area (Å²) in [6.07, 6.45) is 1.71. The molecule has 0 unspecified atom stereocenters. The quantitative estimate of drug-likeness (QED) is 0.512. The molecular weight excluding hydrogens is 348 g/mol. The molecule has 136 valence electrons. The van der Waals surface area contributed by atoms with Gasteiger partial charge in [0, 0.05) is 17.5 Å². The third-order valence-electron chi connectivity index (χ3n) is 4.21. The lowest BCUT2D eigenvalue weighted by atomic mass is 10.1. The summed E-state index contributed by atoms with van der Waals surface area (Å²) in [6.45, 7) is 1.73. The molecule has 0 amide bonds. The molecule has 1 aromatic heterocycles. The largest absolute Gasteiger partial charge is 0.454 e. The second-order valence-electron chi connectivity index (χ2n) is 6.00. The number of carbonyl (C=O) groups is 2. The van der Waals surface area contributed by atoms with Crippen molar-refractivity contribution in [1.82, 2.24) is 9.78 Å². The Kier molecular flexibility index (Phi) is 4.33. The number of rotatable bonds is 5. The number of Topliss-reactive ketones (excluding diaryl/α,β-unsaturated/α-hetero) is 1. The molecule has 0 radical (unpaired) electrons. The van der Waals surface area contributed by atoms with Crippen LogP contribution in [-0.4, -0.2) is 34.9 Å². The van der Waals surface area contributed by atoms with Gasteiger partial charge in [0.2, 0.25) is 6.79 Å². The van der Waals surface area contributed by atoms with Gasteiger partial charge in [-0.25, -0.2) is 9.48 Å². The normalized spacial score (nSPS) is 12.0. The summed E-state index contributed by atoms with van der Waals surface area (Å²) >= 11 is 0. The maximum Gasteiger partial charge on any atom is 0.338 e. The van der Waals surface area contributed by atoms with E-state index in [1.54, 1.807) is 53.3 Å². The predicted octanol–water partition coefficient (Wildman–Crippen LogP) is 2.95. The Morgan fingerprint density at radius 3 is 2.52 bits per heavy atom. The van der Waals surface area contributed by atoms with E-state index in [2.05, 4.69) is 5.10 Å². The molecule has 2 heterocycles. The number of ether oxygens (including phenoxy) is 3. The molecule has 1 aliphatic rings. The minimum atomic E-state index is -0.562. The number of carbonyl (C=O) groups excluding carboxylic acids is 2. The van der Waals surface area contributed by atoms with E-state index in [0.717, 1.165) is 11.4 Å². The van der Waals surface area contributed by atoms with Gasteiger partial charge in [0.1, 0.15) is 0 Å². The summed E-state index contributed by atoms with van der Waals surface area (Å²) in [4.78, 5) is 24.4. The fourth-order valence-corrected chi connectivity index (χ4v) is 2.75. The highest BCUT2D eigenvalue weighted by molar-refractivity contribution is 5.99. The van der Waals surface area contributed by atoms with Crippen molar-refractivity contribution in [3.05, 3.63) is 71.5 Å². The van der Waals surface area contributed by atoms with Gasteiger partial charge < -0.3 is 14.2 Å². The number of hydrogen-bond acceptors (Lipinski definition) is 6. The first-order valence-corrected chi connectivity index (χ1v) is 8.33. The fourth-order valence-electron chi connectivity index (χ4n) is 2.75. The SMILES string of the molecule is Cc1ccnn1-c1ccc(C(=O)OCC(=O)c2ccc3c(c2)OCO3)cc1. The topological polar surface area (TPSA) is 79.7 Å². The van der Waals surface area contributed by atoms with Gasteiger partial charge in [-0.1, -0.05) is 0 Å². The lowest BCUT2D eigenvalue weighted by molar-refractivity contribution is 0.0474. The Labute approximate surface area is 155 Å². The first-order chi connectivity index (χ1) is 13.1. The molecule has 0 aliphatic carbocycles. The maximum atomic E-state index is 12.2. The molecule has 7 heteroatoms. The Morgan fingerprint density at radius 2 is 1.78 bits per heavy atom. The third-order valence-corrected chi connectivity index (χ3v) is 4.21. The summed E-state index contributed by atoms with van der Waals surface area (Å²) < 4.78 is 17.4. The summed E-state index contributed by atoms with van der Waals surface area (Å²) in [5.74, 6) is 0.228. The van der Waals surface area contributed by atoms with E-state index in [1.807, 2.05) is 13.0 Å². The summed E-state index contributed by atoms with van der Waals surface area (Å²) in [5.41, 5.74) is 2.59. The Hall–Kier alpha value is -3.61. The van der Waals surface area contributed by atoms with Crippen LogP contribution in [0.2, 0.25) is 0 Å². The van der Waals surface area contributed by atoms with E-state index in [4.69, 9.17) is 14.2 Å². The van der Waals surface area contributed by atoms with E-state index in [9.17, 15) is 9.59 Å². The van der Waals surface area contributed by atoms with Gasteiger partial charge in [-0.3, -0.25) is 4.79 Å². The lowest BCUT2D eigenvalue weighted by Gasteiger charge is -2.07. The Bertz CT molecular complexity index is 1010. The lowest BCUT2D eigenvalue weighted by Crippen LogP contribution is -2.14. The fraction of sp³-hybridized carbons (Fsp3) is 0.150. The van der Waals surface area contributed by atoms with Crippen LogP contribution in [0.15, 0.2) is 54.7 Å². The van der Waals surface area contributed by atoms with Crippen LogP contribution in [0.3, 0.4) is 0 Å². The molecule has 0 N–H and O–H groups in total. The van der Waals surface area contributed by atoms with Crippen molar-refractivity contribution in [2.45, 2.75) is 6.92 Å². The van der Waals surface area contributed by atoms with Crippen molar-refractivity contribution in [2.24, 2.45) is 0 Å². The van der Waals surface area contributed by atoms with Gasteiger partial charge in [-0.15, -0.1) is 0 Å². The van der Waals surface area contributed by atoms with E-state index >= 15 is 0 Å². The smallest absolute Gasteiger partial charge is 0.338 e. The Balaban J connectivity index is 1.39. The molecule has 3 aromatic rings. The number of ketones is 1. The molecule has 0 spiro atoms. The van der Waals surface area contributed by atoms with E-state index in [0.29, 0.717) is 22.6 Å². The van der Waals surface area contributed by atoms with Crippen molar-refractivity contribution in [3.8, 4) is 17.2 Å². The predicted molar refractivity (Wildman–Crippen MR) is 95.5 cm³/mol. The van der Waals surface area contributed by atoms with Crippen LogP contribution in [0.25, 0.3) is 5.69 Å². The van der Waals surface area contributed by atoms with Crippen LogP contribution in [0.5, 0.6) is 11.5 Å². The van der Waals surface area contributed by atoms with Crippen molar-refractivity contribution in [3.63, 3.8) is 0 Å². The molecule has 27 heavy (non-hydrogen) atoms. The summed E-state index contributed by atoms with van der Waals surface area (Å²) in [7, 11) is 0. The number of fused-ring (bicyclic) bond motifs is 1. The maximum absolute atomic E-state index is 12.2. The minimum absolute atomic E-state index is 0.135. The summed E-state index contributed by atoms with van der Waals surface area (Å²) in [6, 6.07) is 13.6. The van der Waals surface area contributed by atoms with Crippen molar-refractivity contribution in [2.75, 3.05) is 13.4 Å². The highest BCUT2D eigenvalue weighted by Crippen LogP contribution is 2.32. The number of esters is 1. The second kappa shape index (κ2) is 6.95. The molecular formula is C20H16N2O5. The van der Waals surface area contributed by atoms with E-state index in [-0.39, 0.29) is 19.2 Å². The van der Waals surface area contributed by atoms with Crippen LogP contribution >= 0.6 is 0 Å². The van der Waals surface area contributed by atoms with E-state index < -0.39 is 5.97 Å². The van der Waals surface area contributed by atoms with Crippen molar-refractivity contribution in [1.29, 1.82) is 0 Å². The highest BCUT2D eigenvalue weighted by Gasteiger charge is 2.17. The molecule has 4 rings (SSSR count). The number of aryl methyl sites for hydroxylation is 1. The monoisotopic (exact) mass is 364 g/mol. The molecule has 1 aliphatic heterocycles. The Morgan fingerprint density at radius 1 is 1.04 bits per heavy atom. The number of benzene rings is 2. The van der Waals surface area contributed by atoms with Crippen LogP contribution < -0.4 is 9.47 Å². The molecule has 0 atom stereocenters. The van der Waals surface area contributed by atoms with Crippen LogP contribution in [0.1, 0.15) is 26.4 Å². The van der Waals surface area contributed by atoms with Crippen LogP contribution in [0.4, 0.5) is 0 Å². The zero-order valence-electron chi connectivity index (χ0n) is 14.5. The third kappa shape index (κ3) is 3.39. The van der Waals surface area contributed by atoms with Gasteiger partial charge in [0.05, 0.1) is 11.3 Å². The van der Waals surface area contributed by atoms with E-state index in [1.165, 1.54) is 0 Å². The molecule has 0 saturated heterocycles. The second-order valence-corrected chi connectivity index (χ2v) is 6.00. The number of hydrogen-bond donors (Lipinski definition) is 0. The molecule has 2 aromatic carbocycles.